The molecular weight excluding hydrogens is 234 g/mol. The van der Waals surface area contributed by atoms with Crippen LogP contribution in [-0.4, -0.2) is 46.2 Å². The highest BCUT2D eigenvalue weighted by atomic mass is 16.5. The Bertz CT molecular complexity index is 405. The minimum atomic E-state index is -0.501. The zero-order chi connectivity index (χ0) is 13.0. The quantitative estimate of drug-likeness (QED) is 0.767. The van der Waals surface area contributed by atoms with E-state index in [-0.39, 0.29) is 11.9 Å². The standard InChI is InChI=1S/C12H19N3O3/c1-15-9(4-6-13-15)2-3-12(17)14-10-8-18-7-5-11(10)16/h4,6,10-11,16H,2-3,5,7-8H2,1H3,(H,14,17)/t10-,11-/m1/s1. The van der Waals surface area contributed by atoms with Gasteiger partial charge in [-0.1, -0.05) is 0 Å². The van der Waals surface area contributed by atoms with Gasteiger partial charge < -0.3 is 15.2 Å². The fourth-order valence-corrected chi connectivity index (χ4v) is 2.03. The number of hydrogen-bond acceptors (Lipinski definition) is 4. The van der Waals surface area contributed by atoms with Gasteiger partial charge in [-0.15, -0.1) is 0 Å². The topological polar surface area (TPSA) is 76.4 Å². The Balaban J connectivity index is 1.76. The number of hydrogen-bond donors (Lipinski definition) is 2. The third-order valence-electron chi connectivity index (χ3n) is 3.20. The smallest absolute Gasteiger partial charge is 0.220 e. The molecule has 1 aromatic rings. The van der Waals surface area contributed by atoms with Crippen LogP contribution in [-0.2, 0) is 23.0 Å². The lowest BCUT2D eigenvalue weighted by Crippen LogP contribution is -2.49. The van der Waals surface area contributed by atoms with Crippen LogP contribution in [0.3, 0.4) is 0 Å². The molecule has 18 heavy (non-hydrogen) atoms. The SMILES string of the molecule is Cn1nccc1CCC(=O)N[C@@H]1COCC[C@H]1O. The first kappa shape index (κ1) is 13.0. The number of carbonyl (C=O) groups excluding carboxylic acids is 1. The zero-order valence-electron chi connectivity index (χ0n) is 10.5. The number of ether oxygens (including phenoxy) is 1. The monoisotopic (exact) mass is 253 g/mol. The molecule has 2 N–H and O–H groups in total. The summed E-state index contributed by atoms with van der Waals surface area (Å²) in [5, 5.41) is 16.6. The molecular formula is C12H19N3O3. The number of aliphatic hydroxyl groups excluding tert-OH is 1. The summed E-state index contributed by atoms with van der Waals surface area (Å²) >= 11 is 0. The Morgan fingerprint density at radius 2 is 2.56 bits per heavy atom. The first-order chi connectivity index (χ1) is 8.66. The summed E-state index contributed by atoms with van der Waals surface area (Å²) in [5.41, 5.74) is 1.02. The van der Waals surface area contributed by atoms with Gasteiger partial charge in [-0.2, -0.15) is 5.10 Å². The van der Waals surface area contributed by atoms with E-state index in [1.165, 1.54) is 0 Å². The Morgan fingerprint density at radius 1 is 1.72 bits per heavy atom. The maximum Gasteiger partial charge on any atom is 0.220 e. The molecule has 1 saturated heterocycles. The van der Waals surface area contributed by atoms with Crippen molar-refractivity contribution in [3.63, 3.8) is 0 Å². The number of amides is 1. The Labute approximate surface area is 106 Å². The number of aliphatic hydroxyl groups is 1. The summed E-state index contributed by atoms with van der Waals surface area (Å²) in [7, 11) is 1.85. The van der Waals surface area contributed by atoms with Crippen LogP contribution in [0.4, 0.5) is 0 Å². The van der Waals surface area contributed by atoms with E-state index in [0.29, 0.717) is 32.5 Å². The highest BCUT2D eigenvalue weighted by molar-refractivity contribution is 5.76. The lowest BCUT2D eigenvalue weighted by molar-refractivity contribution is -0.124. The van der Waals surface area contributed by atoms with E-state index in [0.717, 1.165) is 5.69 Å². The van der Waals surface area contributed by atoms with Crippen molar-refractivity contribution in [1.82, 2.24) is 15.1 Å². The average molecular weight is 253 g/mol. The van der Waals surface area contributed by atoms with Crippen LogP contribution >= 0.6 is 0 Å². The molecule has 2 atom stereocenters. The van der Waals surface area contributed by atoms with Gasteiger partial charge in [0.15, 0.2) is 0 Å². The van der Waals surface area contributed by atoms with Crippen molar-refractivity contribution in [2.45, 2.75) is 31.4 Å². The first-order valence-corrected chi connectivity index (χ1v) is 6.19. The maximum atomic E-state index is 11.8. The van der Waals surface area contributed by atoms with E-state index in [2.05, 4.69) is 10.4 Å². The van der Waals surface area contributed by atoms with Gasteiger partial charge in [0.05, 0.1) is 18.8 Å². The molecule has 0 aliphatic carbocycles. The molecule has 1 aliphatic heterocycles. The number of nitrogens with one attached hydrogen (secondary N) is 1. The van der Waals surface area contributed by atoms with E-state index < -0.39 is 6.10 Å². The lowest BCUT2D eigenvalue weighted by atomic mass is 10.1. The Hall–Kier alpha value is -1.40. The van der Waals surface area contributed by atoms with Crippen LogP contribution in [0.5, 0.6) is 0 Å². The van der Waals surface area contributed by atoms with E-state index in [4.69, 9.17) is 4.74 Å². The molecule has 100 valence electrons. The Morgan fingerprint density at radius 3 is 3.22 bits per heavy atom. The second-order valence-electron chi connectivity index (χ2n) is 4.55. The first-order valence-electron chi connectivity index (χ1n) is 6.19. The van der Waals surface area contributed by atoms with Crippen molar-refractivity contribution in [3.05, 3.63) is 18.0 Å². The molecule has 0 saturated carbocycles. The number of rotatable bonds is 4. The van der Waals surface area contributed by atoms with Gasteiger partial charge in [0.1, 0.15) is 0 Å². The molecule has 6 heteroatoms. The van der Waals surface area contributed by atoms with E-state index in [1.807, 2.05) is 13.1 Å². The molecule has 1 fully saturated rings. The second-order valence-corrected chi connectivity index (χ2v) is 4.55. The van der Waals surface area contributed by atoms with Crippen molar-refractivity contribution in [1.29, 1.82) is 0 Å². The van der Waals surface area contributed by atoms with Gasteiger partial charge in [0.2, 0.25) is 5.91 Å². The molecule has 0 spiro atoms. The number of aromatic nitrogens is 2. The van der Waals surface area contributed by atoms with Crippen LogP contribution in [0.2, 0.25) is 0 Å². The molecule has 1 aliphatic rings. The summed E-state index contributed by atoms with van der Waals surface area (Å²) in [5.74, 6) is -0.0641. The third kappa shape index (κ3) is 3.30. The van der Waals surface area contributed by atoms with E-state index in [9.17, 15) is 9.90 Å². The molecule has 2 heterocycles. The molecule has 0 unspecified atom stereocenters. The highest BCUT2D eigenvalue weighted by Gasteiger charge is 2.24. The maximum absolute atomic E-state index is 11.8. The van der Waals surface area contributed by atoms with Gasteiger partial charge in [-0.25, -0.2) is 0 Å². The average Bonchev–Trinajstić information content (AvgIpc) is 2.75. The van der Waals surface area contributed by atoms with Gasteiger partial charge >= 0.3 is 0 Å². The van der Waals surface area contributed by atoms with Gasteiger partial charge in [0.25, 0.3) is 0 Å². The van der Waals surface area contributed by atoms with Crippen molar-refractivity contribution in [2.75, 3.05) is 13.2 Å². The van der Waals surface area contributed by atoms with Crippen molar-refractivity contribution >= 4 is 5.91 Å². The summed E-state index contributed by atoms with van der Waals surface area (Å²) in [6.07, 6.45) is 2.83. The fourth-order valence-electron chi connectivity index (χ4n) is 2.03. The van der Waals surface area contributed by atoms with Gasteiger partial charge in [0, 0.05) is 32.0 Å². The number of carbonyl (C=O) groups is 1. The highest BCUT2D eigenvalue weighted by Crippen LogP contribution is 2.08. The minimum Gasteiger partial charge on any atom is -0.391 e. The normalized spacial score (nSPS) is 23.9. The summed E-state index contributed by atoms with van der Waals surface area (Å²) in [6.45, 7) is 0.946. The largest absolute Gasteiger partial charge is 0.391 e. The van der Waals surface area contributed by atoms with Crippen LogP contribution < -0.4 is 5.32 Å². The molecule has 1 aromatic heterocycles. The van der Waals surface area contributed by atoms with Crippen molar-refractivity contribution < 1.29 is 14.6 Å². The zero-order valence-corrected chi connectivity index (χ0v) is 10.5. The molecule has 0 bridgehead atoms. The van der Waals surface area contributed by atoms with E-state index in [1.54, 1.807) is 10.9 Å². The van der Waals surface area contributed by atoms with Crippen molar-refractivity contribution in [3.8, 4) is 0 Å². The minimum absolute atomic E-state index is 0.0641. The number of aryl methyl sites for hydroxylation is 2. The Kier molecular flexibility index (Phi) is 4.33. The lowest BCUT2D eigenvalue weighted by Gasteiger charge is -2.28. The van der Waals surface area contributed by atoms with Crippen LogP contribution in [0, 0.1) is 0 Å². The molecule has 6 nitrogen and oxygen atoms in total. The van der Waals surface area contributed by atoms with Gasteiger partial charge in [-0.3, -0.25) is 9.48 Å². The summed E-state index contributed by atoms with van der Waals surface area (Å²) in [6, 6.07) is 1.61. The molecule has 0 aromatic carbocycles. The predicted octanol–water partition coefficient (Wildman–Crippen LogP) is -0.381. The van der Waals surface area contributed by atoms with Crippen LogP contribution in [0.15, 0.2) is 12.3 Å². The molecule has 1 amide bonds. The van der Waals surface area contributed by atoms with E-state index >= 15 is 0 Å². The fraction of sp³-hybridized carbons (Fsp3) is 0.667. The van der Waals surface area contributed by atoms with Crippen LogP contribution in [0.1, 0.15) is 18.5 Å². The number of nitrogens with zero attached hydrogens (tertiary/aromatic N) is 2. The summed E-state index contributed by atoms with van der Waals surface area (Å²) < 4.78 is 6.99. The van der Waals surface area contributed by atoms with Crippen LogP contribution in [0.25, 0.3) is 0 Å². The van der Waals surface area contributed by atoms with Gasteiger partial charge in [-0.05, 0) is 18.9 Å². The predicted molar refractivity (Wildman–Crippen MR) is 64.9 cm³/mol. The van der Waals surface area contributed by atoms with Crippen molar-refractivity contribution in [2.24, 2.45) is 7.05 Å². The molecule has 0 radical (unpaired) electrons. The molecule has 2 rings (SSSR count). The third-order valence-corrected chi connectivity index (χ3v) is 3.20. The summed E-state index contributed by atoms with van der Waals surface area (Å²) in [4.78, 5) is 11.8. The second kappa shape index (κ2) is 5.97.